The van der Waals surface area contributed by atoms with Crippen LogP contribution in [0.15, 0.2) is 36.4 Å². The highest BCUT2D eigenvalue weighted by Gasteiger charge is 2.32. The Morgan fingerprint density at radius 3 is 2.29 bits per heavy atom. The predicted octanol–water partition coefficient (Wildman–Crippen LogP) is 4.58. The van der Waals surface area contributed by atoms with Crippen molar-refractivity contribution in [1.82, 2.24) is 0 Å². The van der Waals surface area contributed by atoms with Crippen LogP contribution in [0.4, 0.5) is 27.6 Å². The van der Waals surface area contributed by atoms with Crippen molar-refractivity contribution >= 4 is 11.6 Å². The van der Waals surface area contributed by atoms with Crippen molar-refractivity contribution in [1.29, 1.82) is 0 Å². The molecule has 24 heavy (non-hydrogen) atoms. The molecule has 0 unspecified atom stereocenters. The number of anilines is 1. The number of hydrogen-bond donors (Lipinski definition) is 0. The number of alkyl halides is 3. The van der Waals surface area contributed by atoms with Crippen molar-refractivity contribution in [3.63, 3.8) is 0 Å². The van der Waals surface area contributed by atoms with Crippen LogP contribution in [0.5, 0.6) is 0 Å². The first-order valence-electron chi connectivity index (χ1n) is 7.24. The summed E-state index contributed by atoms with van der Waals surface area (Å²) in [5.41, 5.74) is -0.238. The Balaban J connectivity index is 1.98. The lowest BCUT2D eigenvalue weighted by Gasteiger charge is -2.30. The van der Waals surface area contributed by atoms with Crippen molar-refractivity contribution in [2.45, 2.75) is 19.0 Å². The molecule has 1 heterocycles. The number of fused-ring (bicyclic) bond motifs is 1. The summed E-state index contributed by atoms with van der Waals surface area (Å²) in [5, 5.41) is 0. The number of rotatable bonds is 1. The van der Waals surface area contributed by atoms with E-state index >= 15 is 0 Å². The zero-order valence-electron chi connectivity index (χ0n) is 12.3. The van der Waals surface area contributed by atoms with Gasteiger partial charge in [-0.2, -0.15) is 13.2 Å². The first-order valence-corrected chi connectivity index (χ1v) is 7.24. The van der Waals surface area contributed by atoms with E-state index in [1.165, 1.54) is 11.0 Å². The van der Waals surface area contributed by atoms with Gasteiger partial charge in [-0.15, -0.1) is 0 Å². The van der Waals surface area contributed by atoms with Gasteiger partial charge in [0, 0.05) is 23.9 Å². The van der Waals surface area contributed by atoms with Crippen molar-refractivity contribution in [3.8, 4) is 0 Å². The second kappa shape index (κ2) is 5.89. The van der Waals surface area contributed by atoms with Crippen molar-refractivity contribution in [2.24, 2.45) is 0 Å². The van der Waals surface area contributed by atoms with Gasteiger partial charge in [0.15, 0.2) is 0 Å². The number of nitrogens with zero attached hydrogens (tertiary/aromatic N) is 1. The molecule has 1 aliphatic rings. The lowest BCUT2D eigenvalue weighted by molar-refractivity contribution is -0.137. The Hall–Kier alpha value is -2.44. The molecule has 0 fully saturated rings. The first kappa shape index (κ1) is 16.4. The molecule has 0 atom stereocenters. The standard InChI is InChI=1S/C17H12F5NO/c18-13-7-11(8-14(19)9-13)16(24)23-5-1-2-10-6-12(17(20,21)22)3-4-15(10)23/h3-4,6-9H,1-2,5H2. The normalized spacial score (nSPS) is 14.5. The van der Waals surface area contributed by atoms with E-state index in [-0.39, 0.29) is 12.1 Å². The van der Waals surface area contributed by atoms with Gasteiger partial charge in [0.05, 0.1) is 5.56 Å². The fraction of sp³-hybridized carbons (Fsp3) is 0.235. The summed E-state index contributed by atoms with van der Waals surface area (Å²) in [5.74, 6) is -2.42. The molecule has 2 aromatic carbocycles. The minimum Gasteiger partial charge on any atom is -0.308 e. The third kappa shape index (κ3) is 3.11. The Bertz CT molecular complexity index is 780. The van der Waals surface area contributed by atoms with Gasteiger partial charge in [-0.3, -0.25) is 4.79 Å². The Kier molecular flexibility index (Phi) is 4.03. The molecule has 1 aliphatic heterocycles. The molecule has 0 N–H and O–H groups in total. The van der Waals surface area contributed by atoms with Crippen molar-refractivity contribution in [2.75, 3.05) is 11.4 Å². The molecule has 3 rings (SSSR count). The highest BCUT2D eigenvalue weighted by atomic mass is 19.4. The number of halogens is 5. The van der Waals surface area contributed by atoms with Crippen LogP contribution in [0.3, 0.4) is 0 Å². The lowest BCUT2D eigenvalue weighted by atomic mass is 9.98. The summed E-state index contributed by atoms with van der Waals surface area (Å²) >= 11 is 0. The average Bonchev–Trinajstić information content (AvgIpc) is 2.51. The van der Waals surface area contributed by atoms with Crippen molar-refractivity contribution in [3.05, 3.63) is 64.7 Å². The van der Waals surface area contributed by atoms with Crippen LogP contribution < -0.4 is 4.90 Å². The molecular weight excluding hydrogens is 329 g/mol. The van der Waals surface area contributed by atoms with Crippen LogP contribution in [0.25, 0.3) is 0 Å². The van der Waals surface area contributed by atoms with Gasteiger partial charge in [-0.25, -0.2) is 8.78 Å². The van der Waals surface area contributed by atoms with Crippen LogP contribution in [0, 0.1) is 11.6 Å². The maximum absolute atomic E-state index is 13.3. The number of amides is 1. The number of benzene rings is 2. The summed E-state index contributed by atoms with van der Waals surface area (Å²) in [6.45, 7) is 0.273. The van der Waals surface area contributed by atoms with Gasteiger partial charge in [0.25, 0.3) is 5.91 Å². The van der Waals surface area contributed by atoms with E-state index in [1.807, 2.05) is 0 Å². The van der Waals surface area contributed by atoms with Crippen LogP contribution in [-0.2, 0) is 12.6 Å². The number of carbonyl (C=O) groups is 1. The Morgan fingerprint density at radius 1 is 1.00 bits per heavy atom. The van der Waals surface area contributed by atoms with Gasteiger partial charge in [-0.05, 0) is 48.7 Å². The average molecular weight is 341 g/mol. The van der Waals surface area contributed by atoms with Gasteiger partial charge in [-0.1, -0.05) is 0 Å². The summed E-state index contributed by atoms with van der Waals surface area (Å²) in [6.07, 6.45) is -3.59. The largest absolute Gasteiger partial charge is 0.416 e. The summed E-state index contributed by atoms with van der Waals surface area (Å²) in [4.78, 5) is 13.8. The molecule has 0 bridgehead atoms. The zero-order chi connectivity index (χ0) is 17.5. The second-order valence-electron chi connectivity index (χ2n) is 5.56. The first-order chi connectivity index (χ1) is 11.3. The third-order valence-corrected chi connectivity index (χ3v) is 3.88. The molecule has 0 radical (unpaired) electrons. The topological polar surface area (TPSA) is 20.3 Å². The highest BCUT2D eigenvalue weighted by Crippen LogP contribution is 2.35. The Morgan fingerprint density at radius 2 is 1.67 bits per heavy atom. The number of aryl methyl sites for hydroxylation is 1. The minimum atomic E-state index is -4.47. The second-order valence-corrected chi connectivity index (χ2v) is 5.56. The quantitative estimate of drug-likeness (QED) is 0.696. The summed E-state index contributed by atoms with van der Waals surface area (Å²) in [7, 11) is 0. The van der Waals surface area contributed by atoms with Crippen LogP contribution in [0.1, 0.15) is 27.9 Å². The smallest absolute Gasteiger partial charge is 0.308 e. The molecule has 2 aromatic rings. The molecule has 0 saturated carbocycles. The molecule has 1 amide bonds. The summed E-state index contributed by atoms with van der Waals surface area (Å²) in [6, 6.07) is 5.60. The van der Waals surface area contributed by atoms with E-state index in [4.69, 9.17) is 0 Å². The van der Waals surface area contributed by atoms with Crippen LogP contribution in [0.2, 0.25) is 0 Å². The third-order valence-electron chi connectivity index (χ3n) is 3.88. The number of hydrogen-bond acceptors (Lipinski definition) is 1. The number of carbonyl (C=O) groups excluding carboxylic acids is 1. The molecule has 7 heteroatoms. The molecule has 0 saturated heterocycles. The monoisotopic (exact) mass is 341 g/mol. The van der Waals surface area contributed by atoms with Gasteiger partial charge < -0.3 is 4.90 Å². The minimum absolute atomic E-state index is 0.180. The van der Waals surface area contributed by atoms with E-state index in [2.05, 4.69) is 0 Å². The van der Waals surface area contributed by atoms with E-state index in [1.54, 1.807) is 0 Å². The molecule has 0 spiro atoms. The van der Waals surface area contributed by atoms with Crippen molar-refractivity contribution < 1.29 is 26.7 Å². The van der Waals surface area contributed by atoms with E-state index in [0.29, 0.717) is 30.2 Å². The molecular formula is C17H12F5NO. The molecule has 2 nitrogen and oxygen atoms in total. The van der Waals surface area contributed by atoms with Gasteiger partial charge in [0.1, 0.15) is 11.6 Å². The van der Waals surface area contributed by atoms with Crippen LogP contribution in [-0.4, -0.2) is 12.5 Å². The van der Waals surface area contributed by atoms with E-state index in [9.17, 15) is 26.7 Å². The van der Waals surface area contributed by atoms with E-state index < -0.39 is 29.3 Å². The fourth-order valence-corrected chi connectivity index (χ4v) is 2.82. The zero-order valence-corrected chi connectivity index (χ0v) is 12.3. The van der Waals surface area contributed by atoms with E-state index in [0.717, 1.165) is 24.3 Å². The summed E-state index contributed by atoms with van der Waals surface area (Å²) < 4.78 is 65.0. The van der Waals surface area contributed by atoms with Crippen LogP contribution >= 0.6 is 0 Å². The highest BCUT2D eigenvalue weighted by molar-refractivity contribution is 6.06. The SMILES string of the molecule is O=C(c1cc(F)cc(F)c1)N1CCCc2cc(C(F)(F)F)ccc21. The van der Waals surface area contributed by atoms with Gasteiger partial charge >= 0.3 is 6.18 Å². The fourth-order valence-electron chi connectivity index (χ4n) is 2.82. The Labute approximate surface area is 134 Å². The van der Waals surface area contributed by atoms with Gasteiger partial charge in [0.2, 0.25) is 0 Å². The lowest BCUT2D eigenvalue weighted by Crippen LogP contribution is -2.35. The molecule has 0 aliphatic carbocycles. The molecule has 0 aromatic heterocycles. The molecule has 126 valence electrons. The maximum atomic E-state index is 13.3. The maximum Gasteiger partial charge on any atom is 0.416 e. The predicted molar refractivity (Wildman–Crippen MR) is 77.8 cm³/mol.